The summed E-state index contributed by atoms with van der Waals surface area (Å²) in [5, 5.41) is 20.7. The molecule has 0 unspecified atom stereocenters. The second kappa shape index (κ2) is 5.99. The van der Waals surface area contributed by atoms with Crippen LogP contribution >= 0.6 is 0 Å². The molecule has 0 radical (unpaired) electrons. The summed E-state index contributed by atoms with van der Waals surface area (Å²) in [4.78, 5) is 11.7. The lowest BCUT2D eigenvalue weighted by atomic mass is 9.47. The number of carboxylic acids is 1. The van der Waals surface area contributed by atoms with Crippen molar-refractivity contribution in [1.29, 1.82) is 0 Å². The third kappa shape index (κ3) is 2.37. The first-order valence-corrected chi connectivity index (χ1v) is 10.8. The summed E-state index contributed by atoms with van der Waals surface area (Å²) in [5.41, 5.74) is 0.561. The van der Waals surface area contributed by atoms with E-state index in [9.17, 15) is 15.0 Å². The molecule has 4 rings (SSSR count). The largest absolute Gasteiger partial charge is 0.481 e. The molecule has 152 valence electrons. The van der Waals surface area contributed by atoms with E-state index >= 15 is 0 Å². The second-order valence-corrected chi connectivity index (χ2v) is 10.8. The van der Waals surface area contributed by atoms with Crippen LogP contribution in [0.4, 0.5) is 0 Å². The smallest absolute Gasteiger partial charge is 0.313 e. The van der Waals surface area contributed by atoms with Crippen molar-refractivity contribution in [2.45, 2.75) is 78.2 Å². The van der Waals surface area contributed by atoms with Gasteiger partial charge in [0, 0.05) is 5.41 Å². The van der Waals surface area contributed by atoms with Gasteiger partial charge in [-0.2, -0.15) is 0 Å². The van der Waals surface area contributed by atoms with E-state index in [1.54, 1.807) is 0 Å². The van der Waals surface area contributed by atoms with Gasteiger partial charge in [-0.3, -0.25) is 4.79 Å². The molecular weight excluding hydrogens is 348 g/mol. The van der Waals surface area contributed by atoms with Crippen LogP contribution in [0.5, 0.6) is 0 Å². The minimum atomic E-state index is -0.960. The molecule has 0 spiro atoms. The van der Waals surface area contributed by atoms with Crippen LogP contribution in [0.3, 0.4) is 0 Å². The molecule has 0 aromatic heterocycles. The first kappa shape index (κ1) is 19.8. The van der Waals surface area contributed by atoms with E-state index in [0.717, 1.165) is 50.5 Å². The van der Waals surface area contributed by atoms with Gasteiger partial charge in [0.1, 0.15) is 5.60 Å². The molecule has 4 aliphatic carbocycles. The quantitative estimate of drug-likeness (QED) is 0.664. The lowest BCUT2D eigenvalue weighted by Crippen LogP contribution is -2.53. The Hall–Kier alpha value is -1.53. The first-order chi connectivity index (χ1) is 13.0. The summed E-state index contributed by atoms with van der Waals surface area (Å²) in [6, 6.07) is 0. The van der Waals surface area contributed by atoms with Crippen LogP contribution in [-0.2, 0) is 4.79 Å². The summed E-state index contributed by atoms with van der Waals surface area (Å²) >= 11 is 0. The molecule has 6 atom stereocenters. The van der Waals surface area contributed by atoms with Crippen LogP contribution in [0, 0.1) is 46.3 Å². The lowest BCUT2D eigenvalue weighted by molar-refractivity contribution is -0.145. The van der Waals surface area contributed by atoms with Gasteiger partial charge < -0.3 is 10.2 Å². The van der Waals surface area contributed by atoms with Crippen molar-refractivity contribution in [2.24, 2.45) is 34.0 Å². The SMILES string of the molecule is C#C[C@]1(O)CC[C@H]2[C@@H]3CC=C4C=C(C(C)(C)C(=O)O)CC[C@]4(C)[C@H]3CC[C@@]21C. The summed E-state index contributed by atoms with van der Waals surface area (Å²) in [7, 11) is 0. The van der Waals surface area contributed by atoms with Crippen LogP contribution in [-0.4, -0.2) is 21.8 Å². The Morgan fingerprint density at radius 3 is 2.54 bits per heavy atom. The summed E-state index contributed by atoms with van der Waals surface area (Å²) in [6.45, 7) is 8.25. The van der Waals surface area contributed by atoms with E-state index < -0.39 is 17.0 Å². The summed E-state index contributed by atoms with van der Waals surface area (Å²) in [5.74, 6) is 3.64. The molecule has 2 fully saturated rings. The van der Waals surface area contributed by atoms with E-state index in [1.165, 1.54) is 5.57 Å². The molecule has 2 N–H and O–H groups in total. The number of carbonyl (C=O) groups is 1. The topological polar surface area (TPSA) is 57.5 Å². The number of hydrogen-bond donors (Lipinski definition) is 2. The van der Waals surface area contributed by atoms with Crippen LogP contribution in [0.2, 0.25) is 0 Å². The van der Waals surface area contributed by atoms with Crippen LogP contribution in [0.1, 0.15) is 72.6 Å². The highest BCUT2D eigenvalue weighted by atomic mass is 16.4. The number of hydrogen-bond acceptors (Lipinski definition) is 2. The minimum Gasteiger partial charge on any atom is -0.481 e. The summed E-state index contributed by atoms with van der Waals surface area (Å²) < 4.78 is 0. The maximum Gasteiger partial charge on any atom is 0.313 e. The highest BCUT2D eigenvalue weighted by Gasteiger charge is 2.63. The number of rotatable bonds is 2. The fourth-order valence-corrected chi connectivity index (χ4v) is 7.21. The molecule has 0 aromatic rings. The molecule has 3 nitrogen and oxygen atoms in total. The summed E-state index contributed by atoms with van der Waals surface area (Å²) in [6.07, 6.45) is 17.1. The molecule has 0 amide bonds. The minimum absolute atomic E-state index is 0.110. The average molecular weight is 383 g/mol. The van der Waals surface area contributed by atoms with Crippen molar-refractivity contribution in [2.75, 3.05) is 0 Å². The predicted molar refractivity (Wildman–Crippen MR) is 110 cm³/mol. The second-order valence-electron chi connectivity index (χ2n) is 10.8. The number of aliphatic hydroxyl groups is 1. The number of fused-ring (bicyclic) bond motifs is 5. The maximum absolute atomic E-state index is 11.7. The molecule has 28 heavy (non-hydrogen) atoms. The maximum atomic E-state index is 11.7. The van der Waals surface area contributed by atoms with Crippen molar-refractivity contribution in [3.63, 3.8) is 0 Å². The van der Waals surface area contributed by atoms with Crippen molar-refractivity contribution in [1.82, 2.24) is 0 Å². The van der Waals surface area contributed by atoms with Gasteiger partial charge in [0.25, 0.3) is 0 Å². The molecule has 3 heteroatoms. The normalized spacial score (nSPS) is 45.1. The Bertz CT molecular complexity index is 812. The fourth-order valence-electron chi connectivity index (χ4n) is 7.21. The molecule has 0 saturated heterocycles. The van der Waals surface area contributed by atoms with Gasteiger partial charge in [0.2, 0.25) is 0 Å². The first-order valence-electron chi connectivity index (χ1n) is 10.8. The standard InChI is InChI=1S/C25H34O3/c1-6-25(28)14-11-20-18-8-7-17-15-16(22(2,3)21(26)27)9-12-23(17,4)19(18)10-13-24(20,25)5/h1,7,15,18-20,28H,8-14H2,2-5H3,(H,26,27)/t18-,19+,20+,23+,24+,25+/m1/s1. The van der Waals surface area contributed by atoms with E-state index in [4.69, 9.17) is 6.42 Å². The van der Waals surface area contributed by atoms with Gasteiger partial charge in [-0.15, -0.1) is 6.42 Å². The van der Waals surface area contributed by atoms with E-state index in [-0.39, 0.29) is 10.8 Å². The molecular formula is C25H34O3. The molecule has 4 aliphatic rings. The number of aliphatic carboxylic acids is 1. The van der Waals surface area contributed by atoms with Gasteiger partial charge >= 0.3 is 5.97 Å². The Kier molecular flexibility index (Phi) is 4.23. The monoisotopic (exact) mass is 382 g/mol. The van der Waals surface area contributed by atoms with Gasteiger partial charge in [-0.05, 0) is 87.5 Å². The van der Waals surface area contributed by atoms with E-state index in [2.05, 4.69) is 31.9 Å². The molecule has 2 saturated carbocycles. The Labute approximate surface area is 169 Å². The highest BCUT2D eigenvalue weighted by molar-refractivity contribution is 5.78. The van der Waals surface area contributed by atoms with E-state index in [0.29, 0.717) is 17.8 Å². The van der Waals surface area contributed by atoms with Gasteiger partial charge in [0.15, 0.2) is 0 Å². The zero-order valence-electron chi connectivity index (χ0n) is 17.7. The van der Waals surface area contributed by atoms with Crippen molar-refractivity contribution < 1.29 is 15.0 Å². The number of terminal acetylenes is 1. The fraction of sp³-hybridized carbons (Fsp3) is 0.720. The Morgan fingerprint density at radius 2 is 1.89 bits per heavy atom. The van der Waals surface area contributed by atoms with Crippen molar-refractivity contribution in [3.8, 4) is 12.3 Å². The van der Waals surface area contributed by atoms with Crippen molar-refractivity contribution >= 4 is 5.97 Å². The molecule has 0 bridgehead atoms. The molecule has 0 aliphatic heterocycles. The molecule has 0 aromatic carbocycles. The van der Waals surface area contributed by atoms with Crippen LogP contribution < -0.4 is 0 Å². The number of allylic oxidation sites excluding steroid dienone is 3. The van der Waals surface area contributed by atoms with Crippen molar-refractivity contribution in [3.05, 3.63) is 23.3 Å². The van der Waals surface area contributed by atoms with Crippen LogP contribution in [0.15, 0.2) is 23.3 Å². The highest BCUT2D eigenvalue weighted by Crippen LogP contribution is 2.67. The van der Waals surface area contributed by atoms with Crippen LogP contribution in [0.25, 0.3) is 0 Å². The van der Waals surface area contributed by atoms with Gasteiger partial charge in [0.05, 0.1) is 5.41 Å². The zero-order valence-corrected chi connectivity index (χ0v) is 17.7. The van der Waals surface area contributed by atoms with E-state index in [1.807, 2.05) is 13.8 Å². The van der Waals surface area contributed by atoms with Gasteiger partial charge in [-0.25, -0.2) is 0 Å². The predicted octanol–water partition coefficient (Wildman–Crippen LogP) is 4.96. The lowest BCUT2D eigenvalue weighted by Gasteiger charge is -2.57. The average Bonchev–Trinajstić information content (AvgIpc) is 2.92. The molecule has 0 heterocycles. The van der Waals surface area contributed by atoms with Gasteiger partial charge in [-0.1, -0.05) is 37.5 Å². The third-order valence-corrected chi connectivity index (χ3v) is 9.50. The third-order valence-electron chi connectivity index (χ3n) is 9.50. The Balaban J connectivity index is 1.69. The number of carboxylic acid groups (broad SMARTS) is 1. The Morgan fingerprint density at radius 1 is 1.21 bits per heavy atom. The zero-order chi connectivity index (χ0) is 20.5.